The molecule has 0 heterocycles. The van der Waals surface area contributed by atoms with Crippen molar-refractivity contribution in [2.45, 2.75) is 44.1 Å². The van der Waals surface area contributed by atoms with E-state index in [1.807, 2.05) is 0 Å². The van der Waals surface area contributed by atoms with Gasteiger partial charge >= 0.3 is 5.97 Å². The molecule has 16 heavy (non-hydrogen) atoms. The van der Waals surface area contributed by atoms with Gasteiger partial charge in [-0.15, -0.1) is 0 Å². The van der Waals surface area contributed by atoms with E-state index in [1.54, 1.807) is 0 Å². The number of nitrogens with one attached hydrogen (secondary N) is 1. The standard InChI is InChI=1S/C11H17F2NO2/c12-11(13)4-3-9(7-11)14-5-6-16-10(15)8-1-2-8/h8-9,14H,1-7H2/t9-/m1/s1. The molecule has 2 rings (SSSR count). The van der Waals surface area contributed by atoms with Gasteiger partial charge in [-0.1, -0.05) is 0 Å². The topological polar surface area (TPSA) is 38.3 Å². The highest BCUT2D eigenvalue weighted by Gasteiger charge is 2.39. The molecule has 2 aliphatic rings. The monoisotopic (exact) mass is 233 g/mol. The molecule has 92 valence electrons. The molecule has 0 spiro atoms. The van der Waals surface area contributed by atoms with Gasteiger partial charge in [-0.25, -0.2) is 8.78 Å². The number of hydrogen-bond donors (Lipinski definition) is 1. The van der Waals surface area contributed by atoms with Crippen LogP contribution in [0.5, 0.6) is 0 Å². The summed E-state index contributed by atoms with van der Waals surface area (Å²) in [5, 5.41) is 2.99. The van der Waals surface area contributed by atoms with E-state index in [0.29, 0.717) is 13.0 Å². The number of ether oxygens (including phenoxy) is 1. The summed E-state index contributed by atoms with van der Waals surface area (Å²) in [5.41, 5.74) is 0. The number of alkyl halides is 2. The van der Waals surface area contributed by atoms with Crippen molar-refractivity contribution < 1.29 is 18.3 Å². The first-order valence-corrected chi connectivity index (χ1v) is 5.85. The molecule has 0 unspecified atom stereocenters. The number of hydrogen-bond acceptors (Lipinski definition) is 3. The second-order valence-corrected chi connectivity index (χ2v) is 4.69. The number of carbonyl (C=O) groups is 1. The summed E-state index contributed by atoms with van der Waals surface area (Å²) in [6.07, 6.45) is 2.24. The smallest absolute Gasteiger partial charge is 0.308 e. The first-order valence-electron chi connectivity index (χ1n) is 5.85. The second-order valence-electron chi connectivity index (χ2n) is 4.69. The van der Waals surface area contributed by atoms with Crippen LogP contribution in [0.2, 0.25) is 0 Å². The van der Waals surface area contributed by atoms with E-state index in [9.17, 15) is 13.6 Å². The van der Waals surface area contributed by atoms with Gasteiger partial charge in [0.05, 0.1) is 5.92 Å². The minimum Gasteiger partial charge on any atom is -0.464 e. The van der Waals surface area contributed by atoms with Crippen molar-refractivity contribution in [1.29, 1.82) is 0 Å². The Bertz CT molecular complexity index is 267. The fraction of sp³-hybridized carbons (Fsp3) is 0.909. The van der Waals surface area contributed by atoms with Crippen LogP contribution in [0.4, 0.5) is 8.78 Å². The number of esters is 1. The Morgan fingerprint density at radius 1 is 1.38 bits per heavy atom. The van der Waals surface area contributed by atoms with Gasteiger partial charge in [0, 0.05) is 25.4 Å². The minimum atomic E-state index is -2.51. The summed E-state index contributed by atoms with van der Waals surface area (Å²) in [4.78, 5) is 11.1. The average molecular weight is 233 g/mol. The molecular formula is C11H17F2NO2. The largest absolute Gasteiger partial charge is 0.464 e. The third-order valence-electron chi connectivity index (χ3n) is 3.09. The fourth-order valence-corrected chi connectivity index (χ4v) is 1.98. The van der Waals surface area contributed by atoms with Gasteiger partial charge in [-0.3, -0.25) is 4.79 Å². The summed E-state index contributed by atoms with van der Waals surface area (Å²) in [7, 11) is 0. The Morgan fingerprint density at radius 2 is 2.12 bits per heavy atom. The lowest BCUT2D eigenvalue weighted by molar-refractivity contribution is -0.145. The molecule has 0 aromatic rings. The molecule has 0 aromatic heterocycles. The third kappa shape index (κ3) is 3.40. The number of carbonyl (C=O) groups excluding carboxylic acids is 1. The molecule has 1 atom stereocenters. The van der Waals surface area contributed by atoms with Crippen LogP contribution in [0.25, 0.3) is 0 Å². The van der Waals surface area contributed by atoms with E-state index >= 15 is 0 Å². The summed E-state index contributed by atoms with van der Waals surface area (Å²) in [6.45, 7) is 0.761. The molecule has 0 bridgehead atoms. The SMILES string of the molecule is O=C(OCCN[C@@H]1CCC(F)(F)C1)C1CC1. The highest BCUT2D eigenvalue weighted by atomic mass is 19.3. The Hall–Kier alpha value is -0.710. The van der Waals surface area contributed by atoms with Crippen LogP contribution >= 0.6 is 0 Å². The predicted molar refractivity (Wildman–Crippen MR) is 54.3 cm³/mol. The molecule has 0 radical (unpaired) electrons. The molecular weight excluding hydrogens is 216 g/mol. The molecule has 5 heteroatoms. The predicted octanol–water partition coefficient (Wildman–Crippen LogP) is 1.72. The zero-order chi connectivity index (χ0) is 11.6. The first-order chi connectivity index (χ1) is 7.57. The molecule has 0 saturated heterocycles. The van der Waals surface area contributed by atoms with Crippen LogP contribution in [0.1, 0.15) is 32.1 Å². The zero-order valence-electron chi connectivity index (χ0n) is 9.18. The molecule has 2 aliphatic carbocycles. The van der Waals surface area contributed by atoms with Gasteiger partial charge < -0.3 is 10.1 Å². The zero-order valence-corrected chi connectivity index (χ0v) is 9.18. The van der Waals surface area contributed by atoms with Crippen molar-refractivity contribution in [1.82, 2.24) is 5.32 Å². The summed E-state index contributed by atoms with van der Waals surface area (Å²) >= 11 is 0. The van der Waals surface area contributed by atoms with E-state index in [0.717, 1.165) is 12.8 Å². The molecule has 3 nitrogen and oxygen atoms in total. The van der Waals surface area contributed by atoms with Gasteiger partial charge in [0.25, 0.3) is 0 Å². The number of rotatable bonds is 5. The van der Waals surface area contributed by atoms with E-state index in [-0.39, 0.29) is 37.4 Å². The second kappa shape index (κ2) is 4.65. The van der Waals surface area contributed by atoms with Gasteiger partial charge in [0.1, 0.15) is 6.61 Å². The van der Waals surface area contributed by atoms with Crippen LogP contribution in [0.3, 0.4) is 0 Å². The summed E-state index contributed by atoms with van der Waals surface area (Å²) < 4.78 is 30.6. The van der Waals surface area contributed by atoms with E-state index < -0.39 is 5.92 Å². The first kappa shape index (κ1) is 11.8. The van der Waals surface area contributed by atoms with Crippen LogP contribution in [0, 0.1) is 5.92 Å². The quantitative estimate of drug-likeness (QED) is 0.580. The maximum atomic E-state index is 12.8. The lowest BCUT2D eigenvalue weighted by Gasteiger charge is -2.12. The Morgan fingerprint density at radius 3 is 2.69 bits per heavy atom. The normalized spacial score (nSPS) is 28.0. The molecule has 0 amide bonds. The molecule has 2 saturated carbocycles. The minimum absolute atomic E-state index is 0.0352. The van der Waals surface area contributed by atoms with Crippen LogP contribution in [-0.4, -0.2) is 31.1 Å². The van der Waals surface area contributed by atoms with E-state index in [2.05, 4.69) is 5.32 Å². The van der Waals surface area contributed by atoms with Crippen LogP contribution < -0.4 is 5.32 Å². The average Bonchev–Trinajstić information content (AvgIpc) is 2.99. The molecule has 0 aliphatic heterocycles. The lowest BCUT2D eigenvalue weighted by atomic mass is 10.2. The summed E-state index contributed by atoms with van der Waals surface area (Å²) in [6, 6.07) is -0.130. The van der Waals surface area contributed by atoms with Gasteiger partial charge in [-0.05, 0) is 19.3 Å². The van der Waals surface area contributed by atoms with Crippen molar-refractivity contribution in [2.24, 2.45) is 5.92 Å². The summed E-state index contributed by atoms with van der Waals surface area (Å²) in [5.74, 6) is -2.54. The molecule has 1 N–H and O–H groups in total. The van der Waals surface area contributed by atoms with Crippen molar-refractivity contribution in [2.75, 3.05) is 13.2 Å². The highest BCUT2D eigenvalue weighted by Crippen LogP contribution is 2.34. The maximum Gasteiger partial charge on any atom is 0.308 e. The lowest BCUT2D eigenvalue weighted by Crippen LogP contribution is -2.31. The third-order valence-corrected chi connectivity index (χ3v) is 3.09. The van der Waals surface area contributed by atoms with Crippen molar-refractivity contribution in [3.63, 3.8) is 0 Å². The van der Waals surface area contributed by atoms with Gasteiger partial charge in [0.15, 0.2) is 0 Å². The Kier molecular flexibility index (Phi) is 3.42. The highest BCUT2D eigenvalue weighted by molar-refractivity contribution is 5.74. The number of halogens is 2. The van der Waals surface area contributed by atoms with E-state index in [4.69, 9.17) is 4.74 Å². The fourth-order valence-electron chi connectivity index (χ4n) is 1.98. The van der Waals surface area contributed by atoms with Crippen LogP contribution in [-0.2, 0) is 9.53 Å². The Balaban J connectivity index is 1.53. The maximum absolute atomic E-state index is 12.8. The molecule has 0 aromatic carbocycles. The molecule has 2 fully saturated rings. The van der Waals surface area contributed by atoms with Gasteiger partial charge in [-0.2, -0.15) is 0 Å². The van der Waals surface area contributed by atoms with Crippen LogP contribution in [0.15, 0.2) is 0 Å². The van der Waals surface area contributed by atoms with E-state index in [1.165, 1.54) is 0 Å². The van der Waals surface area contributed by atoms with Crippen molar-refractivity contribution >= 4 is 5.97 Å². The van der Waals surface area contributed by atoms with Crippen molar-refractivity contribution in [3.8, 4) is 0 Å². The van der Waals surface area contributed by atoms with Gasteiger partial charge in [0.2, 0.25) is 5.92 Å². The Labute approximate surface area is 93.5 Å². The van der Waals surface area contributed by atoms with Crippen molar-refractivity contribution in [3.05, 3.63) is 0 Å².